The minimum absolute atomic E-state index is 0.190. The largest absolute Gasteiger partial charge is 0.484 e. The van der Waals surface area contributed by atoms with Crippen molar-refractivity contribution in [2.75, 3.05) is 6.61 Å². The topological polar surface area (TPSA) is 91.4 Å². The lowest BCUT2D eigenvalue weighted by Gasteiger charge is -2.14. The molecular weight excluding hydrogens is 332 g/mol. The summed E-state index contributed by atoms with van der Waals surface area (Å²) in [6.07, 6.45) is 1.96. The third-order valence-electron chi connectivity index (χ3n) is 4.12. The molecule has 0 saturated carbocycles. The van der Waals surface area contributed by atoms with E-state index >= 15 is 0 Å². The lowest BCUT2D eigenvalue weighted by molar-refractivity contribution is -0.142. The predicted octanol–water partition coefficient (Wildman–Crippen LogP) is 2.67. The molecular formula is C20H20N2O4. The Morgan fingerprint density at radius 3 is 2.62 bits per heavy atom. The van der Waals surface area contributed by atoms with Gasteiger partial charge in [-0.05, 0) is 30.7 Å². The summed E-state index contributed by atoms with van der Waals surface area (Å²) in [7, 11) is 0. The standard InChI is InChI=1S/C20H20N2O4/c1-13-6-8-15(9-7-13)26-12-19(23)22-18(20(24)25)10-14-11-21-17-5-3-2-4-16(14)17/h2-9,11,18,21H,10,12H2,1H3,(H,22,23)(H,24,25)/t18-/m0/s1. The lowest BCUT2D eigenvalue weighted by atomic mass is 10.1. The van der Waals surface area contributed by atoms with E-state index in [0.717, 1.165) is 22.0 Å². The van der Waals surface area contributed by atoms with Crippen LogP contribution in [0, 0.1) is 6.92 Å². The molecule has 1 aromatic heterocycles. The molecule has 3 rings (SSSR count). The molecule has 1 amide bonds. The monoisotopic (exact) mass is 352 g/mol. The van der Waals surface area contributed by atoms with Gasteiger partial charge in [0, 0.05) is 23.5 Å². The van der Waals surface area contributed by atoms with Crippen LogP contribution in [-0.2, 0) is 16.0 Å². The number of carbonyl (C=O) groups excluding carboxylic acids is 1. The summed E-state index contributed by atoms with van der Waals surface area (Å²) in [5.74, 6) is -0.994. The van der Waals surface area contributed by atoms with Crippen LogP contribution < -0.4 is 10.1 Å². The van der Waals surface area contributed by atoms with Gasteiger partial charge in [0.05, 0.1) is 0 Å². The Balaban J connectivity index is 1.62. The Labute approximate surface area is 150 Å². The van der Waals surface area contributed by atoms with Crippen LogP contribution in [0.3, 0.4) is 0 Å². The number of amides is 1. The zero-order valence-corrected chi connectivity index (χ0v) is 14.4. The summed E-state index contributed by atoms with van der Waals surface area (Å²) >= 11 is 0. The molecule has 0 bridgehead atoms. The molecule has 0 unspecified atom stereocenters. The van der Waals surface area contributed by atoms with E-state index in [0.29, 0.717) is 5.75 Å². The highest BCUT2D eigenvalue weighted by Gasteiger charge is 2.22. The third kappa shape index (κ3) is 4.22. The van der Waals surface area contributed by atoms with E-state index < -0.39 is 17.9 Å². The highest BCUT2D eigenvalue weighted by Crippen LogP contribution is 2.19. The van der Waals surface area contributed by atoms with Crippen LogP contribution in [0.2, 0.25) is 0 Å². The summed E-state index contributed by atoms with van der Waals surface area (Å²) in [6, 6.07) is 13.9. The summed E-state index contributed by atoms with van der Waals surface area (Å²) in [4.78, 5) is 26.7. The van der Waals surface area contributed by atoms with Gasteiger partial charge < -0.3 is 20.1 Å². The second kappa shape index (κ2) is 7.74. The minimum Gasteiger partial charge on any atom is -0.484 e. The number of nitrogens with one attached hydrogen (secondary N) is 2. The average molecular weight is 352 g/mol. The molecule has 1 heterocycles. The molecule has 6 nitrogen and oxygen atoms in total. The van der Waals surface area contributed by atoms with Gasteiger partial charge in [0.25, 0.3) is 5.91 Å². The first kappa shape index (κ1) is 17.5. The van der Waals surface area contributed by atoms with E-state index in [1.54, 1.807) is 18.3 Å². The van der Waals surface area contributed by atoms with E-state index in [4.69, 9.17) is 4.74 Å². The fourth-order valence-corrected chi connectivity index (χ4v) is 2.74. The predicted molar refractivity (Wildman–Crippen MR) is 98.2 cm³/mol. The highest BCUT2D eigenvalue weighted by molar-refractivity contribution is 5.87. The molecule has 0 saturated heterocycles. The van der Waals surface area contributed by atoms with Gasteiger partial charge in [-0.3, -0.25) is 4.79 Å². The van der Waals surface area contributed by atoms with Crippen LogP contribution in [0.1, 0.15) is 11.1 Å². The summed E-state index contributed by atoms with van der Waals surface area (Å²) in [5, 5.41) is 12.9. The molecule has 0 aliphatic heterocycles. The van der Waals surface area contributed by atoms with Crippen molar-refractivity contribution in [1.82, 2.24) is 10.3 Å². The third-order valence-corrected chi connectivity index (χ3v) is 4.12. The Morgan fingerprint density at radius 1 is 1.15 bits per heavy atom. The first-order valence-corrected chi connectivity index (χ1v) is 8.29. The number of carboxylic acid groups (broad SMARTS) is 1. The van der Waals surface area contributed by atoms with Crippen molar-refractivity contribution >= 4 is 22.8 Å². The van der Waals surface area contributed by atoms with Gasteiger partial charge in [0.2, 0.25) is 0 Å². The van der Waals surface area contributed by atoms with Gasteiger partial charge in [0.1, 0.15) is 11.8 Å². The van der Waals surface area contributed by atoms with Crippen molar-refractivity contribution in [3.63, 3.8) is 0 Å². The van der Waals surface area contributed by atoms with Crippen LogP contribution in [-0.4, -0.2) is 34.6 Å². The first-order valence-electron chi connectivity index (χ1n) is 8.29. The van der Waals surface area contributed by atoms with Crippen LogP contribution in [0.4, 0.5) is 0 Å². The number of para-hydroxylation sites is 1. The summed E-state index contributed by atoms with van der Waals surface area (Å²) in [5.41, 5.74) is 2.86. The Hall–Kier alpha value is -3.28. The number of carboxylic acids is 1. The smallest absolute Gasteiger partial charge is 0.326 e. The van der Waals surface area contributed by atoms with Gasteiger partial charge in [-0.2, -0.15) is 0 Å². The van der Waals surface area contributed by atoms with Crippen LogP contribution in [0.25, 0.3) is 10.9 Å². The van der Waals surface area contributed by atoms with Crippen molar-refractivity contribution in [1.29, 1.82) is 0 Å². The molecule has 3 aromatic rings. The van der Waals surface area contributed by atoms with Gasteiger partial charge in [0.15, 0.2) is 6.61 Å². The van der Waals surface area contributed by atoms with E-state index in [9.17, 15) is 14.7 Å². The highest BCUT2D eigenvalue weighted by atomic mass is 16.5. The zero-order chi connectivity index (χ0) is 18.5. The van der Waals surface area contributed by atoms with Crippen LogP contribution in [0.5, 0.6) is 5.75 Å². The van der Waals surface area contributed by atoms with Crippen molar-refractivity contribution < 1.29 is 19.4 Å². The number of ether oxygens (including phenoxy) is 1. The van der Waals surface area contributed by atoms with Crippen LogP contribution >= 0.6 is 0 Å². The van der Waals surface area contributed by atoms with Gasteiger partial charge in [-0.1, -0.05) is 35.9 Å². The molecule has 2 aromatic carbocycles. The number of rotatable bonds is 7. The number of benzene rings is 2. The van der Waals surface area contributed by atoms with E-state index in [-0.39, 0.29) is 13.0 Å². The van der Waals surface area contributed by atoms with Crippen molar-refractivity contribution in [3.8, 4) is 5.75 Å². The lowest BCUT2D eigenvalue weighted by Crippen LogP contribution is -2.44. The molecule has 0 fully saturated rings. The number of H-pyrrole nitrogens is 1. The Bertz CT molecular complexity index is 915. The average Bonchev–Trinajstić information content (AvgIpc) is 3.04. The van der Waals surface area contributed by atoms with Gasteiger partial charge in [-0.15, -0.1) is 0 Å². The SMILES string of the molecule is Cc1ccc(OCC(=O)N[C@@H](Cc2c[nH]c3ccccc23)C(=O)O)cc1. The molecule has 26 heavy (non-hydrogen) atoms. The number of fused-ring (bicyclic) bond motifs is 1. The van der Waals surface area contributed by atoms with Crippen molar-refractivity contribution in [2.45, 2.75) is 19.4 Å². The van der Waals surface area contributed by atoms with Crippen molar-refractivity contribution in [3.05, 3.63) is 65.9 Å². The summed E-state index contributed by atoms with van der Waals surface area (Å²) < 4.78 is 5.40. The van der Waals surface area contributed by atoms with Crippen LogP contribution in [0.15, 0.2) is 54.7 Å². The molecule has 0 aliphatic rings. The molecule has 6 heteroatoms. The van der Waals surface area contributed by atoms with Gasteiger partial charge >= 0.3 is 5.97 Å². The number of aryl methyl sites for hydroxylation is 1. The second-order valence-electron chi connectivity index (χ2n) is 6.12. The van der Waals surface area contributed by atoms with Crippen molar-refractivity contribution in [2.24, 2.45) is 0 Å². The number of hydrogen-bond acceptors (Lipinski definition) is 3. The molecule has 1 atom stereocenters. The summed E-state index contributed by atoms with van der Waals surface area (Å²) in [6.45, 7) is 1.72. The molecule has 134 valence electrons. The molecule has 0 aliphatic carbocycles. The maximum absolute atomic E-state index is 12.1. The van der Waals surface area contributed by atoms with Gasteiger partial charge in [-0.25, -0.2) is 4.79 Å². The minimum atomic E-state index is -1.08. The number of aliphatic carboxylic acids is 1. The maximum Gasteiger partial charge on any atom is 0.326 e. The quantitative estimate of drug-likeness (QED) is 0.610. The molecule has 0 spiro atoms. The molecule has 0 radical (unpaired) electrons. The fourth-order valence-electron chi connectivity index (χ4n) is 2.74. The molecule has 3 N–H and O–H groups in total. The number of aromatic nitrogens is 1. The normalized spacial score (nSPS) is 11.9. The fraction of sp³-hybridized carbons (Fsp3) is 0.200. The van der Waals surface area contributed by atoms with E-state index in [2.05, 4.69) is 10.3 Å². The Kier molecular flexibility index (Phi) is 5.22. The first-order chi connectivity index (χ1) is 12.5. The number of carbonyl (C=O) groups is 2. The Morgan fingerprint density at radius 2 is 1.88 bits per heavy atom. The number of aromatic amines is 1. The maximum atomic E-state index is 12.1. The zero-order valence-electron chi connectivity index (χ0n) is 14.4. The van der Waals surface area contributed by atoms with E-state index in [1.807, 2.05) is 43.3 Å². The second-order valence-corrected chi connectivity index (χ2v) is 6.12. The number of hydrogen-bond donors (Lipinski definition) is 3. The van der Waals surface area contributed by atoms with E-state index in [1.165, 1.54) is 0 Å².